The Morgan fingerprint density at radius 3 is 2.66 bits per heavy atom. The van der Waals surface area contributed by atoms with E-state index < -0.39 is 24.6 Å². The molecule has 1 unspecified atom stereocenters. The summed E-state index contributed by atoms with van der Waals surface area (Å²) in [6, 6.07) is 10.4. The van der Waals surface area contributed by atoms with Crippen LogP contribution < -0.4 is 10.2 Å². The van der Waals surface area contributed by atoms with Crippen LogP contribution in [0.3, 0.4) is 0 Å². The van der Waals surface area contributed by atoms with E-state index in [1.54, 1.807) is 24.3 Å². The Kier molecular flexibility index (Phi) is 10.0. The third-order valence-electron chi connectivity index (χ3n) is 4.83. The molecule has 0 radical (unpaired) electrons. The molecule has 1 N–H and O–H groups in total. The molecule has 8 nitrogen and oxygen atoms in total. The number of rotatable bonds is 13. The maximum Gasteiger partial charge on any atom is 0.344 e. The molecule has 0 saturated carbocycles. The fourth-order valence-electron chi connectivity index (χ4n) is 3.13. The Morgan fingerprint density at radius 2 is 1.86 bits per heavy atom. The van der Waals surface area contributed by atoms with Crippen LogP contribution in [0.15, 0.2) is 53.8 Å². The van der Waals surface area contributed by atoms with Crippen LogP contribution in [0.2, 0.25) is 5.02 Å². The summed E-state index contributed by atoms with van der Waals surface area (Å²) in [5, 5.41) is 11.1. The highest BCUT2D eigenvalue weighted by Crippen LogP contribution is 2.35. The van der Waals surface area contributed by atoms with E-state index in [0.29, 0.717) is 45.7 Å². The molecule has 0 fully saturated rings. The van der Waals surface area contributed by atoms with Crippen molar-refractivity contribution in [1.29, 1.82) is 0 Å². The molecule has 0 spiro atoms. The average molecular weight is 521 g/mol. The lowest BCUT2D eigenvalue weighted by Crippen LogP contribution is -2.26. The van der Waals surface area contributed by atoms with Crippen molar-refractivity contribution in [2.45, 2.75) is 18.9 Å². The lowest BCUT2D eigenvalue weighted by Gasteiger charge is -2.13. The second-order valence-corrected chi connectivity index (χ2v) is 8.92. The lowest BCUT2D eigenvalue weighted by atomic mass is 10.2. The molecular formula is C25H25ClO8S. The summed E-state index contributed by atoms with van der Waals surface area (Å²) in [5.41, 5.74) is -0.201. The van der Waals surface area contributed by atoms with Gasteiger partial charge in [-0.2, -0.15) is 0 Å². The van der Waals surface area contributed by atoms with Crippen LogP contribution >= 0.6 is 22.9 Å². The minimum atomic E-state index is -0.995. The van der Waals surface area contributed by atoms with Gasteiger partial charge < -0.3 is 24.1 Å². The van der Waals surface area contributed by atoms with Gasteiger partial charge in [0.15, 0.2) is 12.0 Å². The number of ether oxygens (including phenoxy) is 4. The minimum absolute atomic E-state index is 0.0105. The maximum absolute atomic E-state index is 12.9. The number of unbranched alkanes of at least 4 members (excludes halogenated alkanes) is 1. The van der Waals surface area contributed by atoms with E-state index in [2.05, 4.69) is 6.58 Å². The zero-order valence-corrected chi connectivity index (χ0v) is 20.4. The zero-order chi connectivity index (χ0) is 25.2. The van der Waals surface area contributed by atoms with Gasteiger partial charge in [-0.3, -0.25) is 4.79 Å². The number of aliphatic hydroxyl groups is 1. The highest BCUT2D eigenvalue weighted by Gasteiger charge is 2.15. The van der Waals surface area contributed by atoms with E-state index in [0.717, 1.165) is 10.8 Å². The van der Waals surface area contributed by atoms with Gasteiger partial charge in [-0.25, -0.2) is 9.59 Å². The quantitative estimate of drug-likeness (QED) is 0.156. The molecule has 0 aliphatic carbocycles. The Labute approximate surface area is 210 Å². The Balaban J connectivity index is 1.45. The van der Waals surface area contributed by atoms with Crippen LogP contribution in [-0.4, -0.2) is 56.2 Å². The first-order valence-electron chi connectivity index (χ1n) is 10.9. The SMILES string of the molecule is C=CC(=O)OCCCCOCC(O)COC(=O)COc1ccc(Cl)c2c(=O)c3ccccc3sc12. The predicted octanol–water partition coefficient (Wildman–Crippen LogP) is 3.88. The monoisotopic (exact) mass is 520 g/mol. The van der Waals surface area contributed by atoms with Gasteiger partial charge in [0.25, 0.3) is 0 Å². The van der Waals surface area contributed by atoms with Crippen molar-refractivity contribution in [3.05, 3.63) is 64.3 Å². The molecule has 0 aliphatic rings. The fourth-order valence-corrected chi connectivity index (χ4v) is 4.60. The van der Waals surface area contributed by atoms with Crippen LogP contribution in [0.1, 0.15) is 12.8 Å². The first-order valence-corrected chi connectivity index (χ1v) is 12.1. The van der Waals surface area contributed by atoms with Crippen LogP contribution in [0, 0.1) is 0 Å². The summed E-state index contributed by atoms with van der Waals surface area (Å²) >= 11 is 7.62. The largest absolute Gasteiger partial charge is 0.480 e. The van der Waals surface area contributed by atoms with Crippen molar-refractivity contribution in [1.82, 2.24) is 0 Å². The molecule has 0 bridgehead atoms. The van der Waals surface area contributed by atoms with Crippen LogP contribution in [-0.2, 0) is 23.8 Å². The number of aliphatic hydroxyl groups excluding tert-OH is 1. The fraction of sp³-hybridized carbons (Fsp3) is 0.320. The van der Waals surface area contributed by atoms with Crippen molar-refractivity contribution in [2.24, 2.45) is 0 Å². The molecule has 2 aromatic carbocycles. The first-order chi connectivity index (χ1) is 16.9. The van der Waals surface area contributed by atoms with Gasteiger partial charge in [0.1, 0.15) is 18.5 Å². The summed E-state index contributed by atoms with van der Waals surface area (Å²) in [6.45, 7) is 3.27. The Bertz CT molecular complexity index is 1260. The smallest absolute Gasteiger partial charge is 0.344 e. The number of hydrogen-bond acceptors (Lipinski definition) is 9. The number of benzene rings is 2. The molecule has 3 rings (SSSR count). The van der Waals surface area contributed by atoms with E-state index in [9.17, 15) is 19.5 Å². The molecule has 0 amide bonds. The molecule has 10 heteroatoms. The van der Waals surface area contributed by atoms with Crippen molar-refractivity contribution in [3.8, 4) is 5.75 Å². The van der Waals surface area contributed by atoms with Gasteiger partial charge in [0, 0.05) is 22.8 Å². The molecule has 35 heavy (non-hydrogen) atoms. The van der Waals surface area contributed by atoms with Gasteiger partial charge >= 0.3 is 11.9 Å². The van der Waals surface area contributed by atoms with Gasteiger partial charge in [-0.05, 0) is 37.1 Å². The molecule has 186 valence electrons. The topological polar surface area (TPSA) is 108 Å². The normalized spacial score (nSPS) is 11.8. The van der Waals surface area contributed by atoms with E-state index >= 15 is 0 Å². The van der Waals surface area contributed by atoms with Crippen molar-refractivity contribution in [3.63, 3.8) is 0 Å². The Hall–Kier alpha value is -2.98. The number of fused-ring (bicyclic) bond motifs is 2. The zero-order valence-electron chi connectivity index (χ0n) is 18.9. The second-order valence-electron chi connectivity index (χ2n) is 7.46. The van der Waals surface area contributed by atoms with Gasteiger partial charge in [-0.1, -0.05) is 30.3 Å². The van der Waals surface area contributed by atoms with Crippen molar-refractivity contribution in [2.75, 3.05) is 33.0 Å². The van der Waals surface area contributed by atoms with Gasteiger partial charge in [0.05, 0.1) is 28.3 Å². The predicted molar refractivity (Wildman–Crippen MR) is 134 cm³/mol. The summed E-state index contributed by atoms with van der Waals surface area (Å²) < 4.78 is 22.1. The van der Waals surface area contributed by atoms with Crippen molar-refractivity contribution >= 4 is 55.0 Å². The van der Waals surface area contributed by atoms with E-state index in [-0.39, 0.29) is 25.2 Å². The first kappa shape index (κ1) is 26.6. The van der Waals surface area contributed by atoms with E-state index in [4.69, 9.17) is 30.5 Å². The molecular weight excluding hydrogens is 496 g/mol. The van der Waals surface area contributed by atoms with Gasteiger partial charge in [-0.15, -0.1) is 11.3 Å². The Morgan fingerprint density at radius 1 is 1.09 bits per heavy atom. The molecule has 1 atom stereocenters. The molecule has 1 aromatic heterocycles. The minimum Gasteiger partial charge on any atom is -0.480 e. The average Bonchev–Trinajstić information content (AvgIpc) is 2.86. The molecule has 0 saturated heterocycles. The molecule has 1 heterocycles. The van der Waals surface area contributed by atoms with E-state index in [1.165, 1.54) is 11.3 Å². The third kappa shape index (κ3) is 7.50. The number of carbonyl (C=O) groups is 2. The van der Waals surface area contributed by atoms with Crippen LogP contribution in [0.4, 0.5) is 0 Å². The molecule has 0 aliphatic heterocycles. The van der Waals surface area contributed by atoms with Crippen LogP contribution in [0.5, 0.6) is 5.75 Å². The summed E-state index contributed by atoms with van der Waals surface area (Å²) in [6.07, 6.45) is 1.36. The summed E-state index contributed by atoms with van der Waals surface area (Å²) in [5.74, 6) is -0.804. The third-order valence-corrected chi connectivity index (χ3v) is 6.33. The molecule has 3 aromatic rings. The number of carbonyl (C=O) groups excluding carboxylic acids is 2. The van der Waals surface area contributed by atoms with Crippen molar-refractivity contribution < 1.29 is 33.6 Å². The standard InChI is InChI=1S/C25H25ClO8S/c1-2-21(28)32-12-6-5-11-31-13-16(27)14-34-22(29)15-33-19-10-9-18(26)23-24(30)17-7-3-4-8-20(17)35-25(19)23/h2-4,7-10,16,27H,1,5-6,11-15H2. The highest BCUT2D eigenvalue weighted by atomic mass is 35.5. The summed E-state index contributed by atoms with van der Waals surface area (Å²) in [4.78, 5) is 35.9. The maximum atomic E-state index is 12.9. The lowest BCUT2D eigenvalue weighted by molar-refractivity contribution is -0.150. The highest BCUT2D eigenvalue weighted by molar-refractivity contribution is 7.25. The number of esters is 2. The van der Waals surface area contributed by atoms with Crippen LogP contribution in [0.25, 0.3) is 20.2 Å². The summed E-state index contributed by atoms with van der Waals surface area (Å²) in [7, 11) is 0. The second kappa shape index (κ2) is 13.2. The number of halogens is 1. The number of hydrogen-bond donors (Lipinski definition) is 1. The van der Waals surface area contributed by atoms with E-state index in [1.807, 2.05) is 12.1 Å². The van der Waals surface area contributed by atoms with Gasteiger partial charge in [0.2, 0.25) is 0 Å².